The van der Waals surface area contributed by atoms with Gasteiger partial charge >= 0.3 is 0 Å². The largest absolute Gasteiger partial charge is 0.256 e. The summed E-state index contributed by atoms with van der Waals surface area (Å²) in [6.45, 7) is 0. The quantitative estimate of drug-likeness (QED) is 0.320. The van der Waals surface area contributed by atoms with Gasteiger partial charge in [-0.15, -0.1) is 0 Å². The topological polar surface area (TPSA) is 49.6 Å². The Labute approximate surface area is 187 Å². The molecule has 0 saturated carbocycles. The molecule has 0 fully saturated rings. The molecule has 0 aliphatic rings. The highest BCUT2D eigenvalue weighted by atomic mass is 14.7. The molecule has 0 unspecified atom stereocenters. The molecule has 0 amide bonds. The molecule has 3 heteroatoms. The van der Waals surface area contributed by atoms with Crippen molar-refractivity contribution in [1.29, 1.82) is 5.26 Å². The van der Waals surface area contributed by atoms with E-state index >= 15 is 0 Å². The van der Waals surface area contributed by atoms with E-state index < -0.39 is 0 Å². The van der Waals surface area contributed by atoms with Crippen LogP contribution in [0.1, 0.15) is 5.56 Å². The molecule has 5 aromatic rings. The summed E-state index contributed by atoms with van der Waals surface area (Å²) in [7, 11) is 0. The van der Waals surface area contributed by atoms with Crippen molar-refractivity contribution in [3.63, 3.8) is 0 Å². The SMILES string of the molecule is N#Cc1cc(-c2ccccn2)c(-c2ccccc2)c(-c2ccccc2)c1-c1ccccn1. The van der Waals surface area contributed by atoms with Gasteiger partial charge in [-0.05, 0) is 47.0 Å². The van der Waals surface area contributed by atoms with Gasteiger partial charge in [0.1, 0.15) is 0 Å². The Morgan fingerprint density at radius 2 is 1.06 bits per heavy atom. The first-order valence-corrected chi connectivity index (χ1v) is 10.4. The Bertz CT molecular complexity index is 1390. The van der Waals surface area contributed by atoms with Gasteiger partial charge in [-0.3, -0.25) is 9.97 Å². The van der Waals surface area contributed by atoms with Gasteiger partial charge in [-0.25, -0.2) is 0 Å². The molecule has 32 heavy (non-hydrogen) atoms. The highest BCUT2D eigenvalue weighted by Crippen LogP contribution is 2.46. The number of nitrogens with zero attached hydrogens (tertiary/aromatic N) is 3. The fourth-order valence-electron chi connectivity index (χ4n) is 4.07. The van der Waals surface area contributed by atoms with E-state index in [1.54, 1.807) is 12.4 Å². The predicted molar refractivity (Wildman–Crippen MR) is 128 cm³/mol. The lowest BCUT2D eigenvalue weighted by Crippen LogP contribution is -1.99. The Morgan fingerprint density at radius 1 is 0.531 bits per heavy atom. The minimum atomic E-state index is 0.572. The van der Waals surface area contributed by atoms with Gasteiger partial charge < -0.3 is 0 Å². The summed E-state index contributed by atoms with van der Waals surface area (Å²) in [6, 6.07) is 36.5. The molecular weight excluding hydrogens is 390 g/mol. The van der Waals surface area contributed by atoms with Crippen LogP contribution in [0.25, 0.3) is 44.8 Å². The van der Waals surface area contributed by atoms with E-state index in [-0.39, 0.29) is 0 Å². The van der Waals surface area contributed by atoms with Gasteiger partial charge in [0.05, 0.1) is 23.0 Å². The highest BCUT2D eigenvalue weighted by Gasteiger charge is 2.23. The van der Waals surface area contributed by atoms with Crippen molar-refractivity contribution >= 4 is 0 Å². The second kappa shape index (κ2) is 8.67. The summed E-state index contributed by atoms with van der Waals surface area (Å²) >= 11 is 0. The Kier molecular flexibility index (Phi) is 5.26. The third-order valence-corrected chi connectivity index (χ3v) is 5.43. The fraction of sp³-hybridized carbons (Fsp3) is 0. The van der Waals surface area contributed by atoms with Gasteiger partial charge in [0.2, 0.25) is 0 Å². The third-order valence-electron chi connectivity index (χ3n) is 5.43. The maximum Gasteiger partial charge on any atom is 0.0999 e. The lowest BCUT2D eigenvalue weighted by molar-refractivity contribution is 1.30. The number of rotatable bonds is 4. The zero-order valence-electron chi connectivity index (χ0n) is 17.3. The van der Waals surface area contributed by atoms with E-state index in [0.717, 1.165) is 44.8 Å². The predicted octanol–water partition coefficient (Wildman–Crippen LogP) is 7.02. The smallest absolute Gasteiger partial charge is 0.0999 e. The molecule has 0 aliphatic heterocycles. The molecule has 2 heterocycles. The maximum atomic E-state index is 10.2. The van der Waals surface area contributed by atoms with Crippen LogP contribution >= 0.6 is 0 Å². The zero-order chi connectivity index (χ0) is 21.8. The molecule has 150 valence electrons. The maximum absolute atomic E-state index is 10.2. The highest BCUT2D eigenvalue weighted by molar-refractivity contribution is 6.02. The molecule has 0 aliphatic carbocycles. The fourth-order valence-corrected chi connectivity index (χ4v) is 4.07. The van der Waals surface area contributed by atoms with Crippen molar-refractivity contribution < 1.29 is 0 Å². The van der Waals surface area contributed by atoms with Gasteiger partial charge in [0.15, 0.2) is 0 Å². The molecule has 0 bridgehead atoms. The molecule has 3 nitrogen and oxygen atoms in total. The van der Waals surface area contributed by atoms with Crippen LogP contribution in [0.2, 0.25) is 0 Å². The Hall–Kier alpha value is -4.55. The molecule has 0 radical (unpaired) electrons. The molecule has 0 saturated heterocycles. The average Bonchev–Trinajstić information content (AvgIpc) is 2.89. The van der Waals surface area contributed by atoms with Crippen molar-refractivity contribution in [2.24, 2.45) is 0 Å². The van der Waals surface area contributed by atoms with Gasteiger partial charge in [-0.1, -0.05) is 72.8 Å². The van der Waals surface area contributed by atoms with Crippen LogP contribution < -0.4 is 0 Å². The van der Waals surface area contributed by atoms with E-state index in [2.05, 4.69) is 40.3 Å². The molecular formula is C29H19N3. The van der Waals surface area contributed by atoms with E-state index in [1.807, 2.05) is 78.9 Å². The van der Waals surface area contributed by atoms with Crippen LogP contribution in [0.5, 0.6) is 0 Å². The lowest BCUT2D eigenvalue weighted by atomic mass is 9.82. The van der Waals surface area contributed by atoms with Crippen molar-refractivity contribution in [2.45, 2.75) is 0 Å². The summed E-state index contributed by atoms with van der Waals surface area (Å²) in [6.07, 6.45) is 3.55. The first-order valence-electron chi connectivity index (χ1n) is 10.4. The van der Waals surface area contributed by atoms with Crippen molar-refractivity contribution in [2.75, 3.05) is 0 Å². The number of hydrogen-bond acceptors (Lipinski definition) is 3. The van der Waals surface area contributed by atoms with E-state index in [0.29, 0.717) is 5.56 Å². The zero-order valence-corrected chi connectivity index (χ0v) is 17.3. The molecule has 2 aromatic heterocycles. The van der Waals surface area contributed by atoms with E-state index in [9.17, 15) is 5.26 Å². The average molecular weight is 409 g/mol. The standard InChI is InChI=1S/C29H19N3/c30-20-23-19-24(25-15-7-9-17-31-25)27(21-11-3-1-4-12-21)29(22-13-5-2-6-14-22)28(23)26-16-8-10-18-32-26/h1-19H. The van der Waals surface area contributed by atoms with E-state index in [4.69, 9.17) is 0 Å². The minimum Gasteiger partial charge on any atom is -0.256 e. The van der Waals surface area contributed by atoms with Gasteiger partial charge in [0, 0.05) is 29.1 Å². The number of hydrogen-bond donors (Lipinski definition) is 0. The van der Waals surface area contributed by atoms with Crippen LogP contribution in [-0.4, -0.2) is 9.97 Å². The van der Waals surface area contributed by atoms with Gasteiger partial charge in [-0.2, -0.15) is 5.26 Å². The number of aromatic nitrogens is 2. The second-order valence-corrected chi connectivity index (χ2v) is 7.37. The number of pyridine rings is 2. The Morgan fingerprint density at radius 3 is 1.59 bits per heavy atom. The van der Waals surface area contributed by atoms with Crippen LogP contribution in [0.4, 0.5) is 0 Å². The van der Waals surface area contributed by atoms with Crippen LogP contribution in [0.3, 0.4) is 0 Å². The molecule has 0 spiro atoms. The minimum absolute atomic E-state index is 0.572. The van der Waals surface area contributed by atoms with Crippen LogP contribution in [0.15, 0.2) is 116 Å². The third kappa shape index (κ3) is 3.55. The van der Waals surface area contributed by atoms with Crippen molar-refractivity contribution in [3.05, 3.63) is 121 Å². The lowest BCUT2D eigenvalue weighted by Gasteiger charge is -2.21. The number of nitriles is 1. The summed E-state index contributed by atoms with van der Waals surface area (Å²) in [5.74, 6) is 0. The van der Waals surface area contributed by atoms with Crippen molar-refractivity contribution in [3.8, 4) is 50.8 Å². The van der Waals surface area contributed by atoms with Crippen LogP contribution in [0, 0.1) is 11.3 Å². The first kappa shape index (κ1) is 19.4. The van der Waals surface area contributed by atoms with E-state index in [1.165, 1.54) is 0 Å². The molecule has 5 rings (SSSR count). The molecule has 3 aromatic carbocycles. The summed E-state index contributed by atoms with van der Waals surface area (Å²) in [4.78, 5) is 9.24. The monoisotopic (exact) mass is 409 g/mol. The molecule has 0 N–H and O–H groups in total. The van der Waals surface area contributed by atoms with Crippen molar-refractivity contribution in [1.82, 2.24) is 9.97 Å². The Balaban J connectivity index is 1.99. The second-order valence-electron chi connectivity index (χ2n) is 7.37. The normalized spacial score (nSPS) is 10.5. The summed E-state index contributed by atoms with van der Waals surface area (Å²) in [5, 5.41) is 10.2. The first-order chi connectivity index (χ1) is 15.9. The summed E-state index contributed by atoms with van der Waals surface area (Å²) < 4.78 is 0. The number of benzene rings is 3. The van der Waals surface area contributed by atoms with Gasteiger partial charge in [0.25, 0.3) is 0 Å². The summed E-state index contributed by atoms with van der Waals surface area (Å²) in [5.41, 5.74) is 8.04. The van der Waals surface area contributed by atoms with Crippen LogP contribution in [-0.2, 0) is 0 Å². The molecule has 0 atom stereocenters.